The van der Waals surface area contributed by atoms with Crippen LogP contribution < -0.4 is 4.74 Å². The smallest absolute Gasteiger partial charge is 0.213 e. The van der Waals surface area contributed by atoms with Gasteiger partial charge in [-0.1, -0.05) is 39.8 Å². The Morgan fingerprint density at radius 2 is 2.18 bits per heavy atom. The molecule has 5 nitrogen and oxygen atoms in total. The van der Waals surface area contributed by atoms with Crippen LogP contribution in [0.25, 0.3) is 5.69 Å². The molecule has 0 fully saturated rings. The Hall–Kier alpha value is -1.86. The van der Waals surface area contributed by atoms with E-state index < -0.39 is 0 Å². The molecule has 3 aromatic rings. The molecule has 2 heterocycles. The first-order valence-electron chi connectivity index (χ1n) is 6.54. The van der Waals surface area contributed by atoms with Crippen LogP contribution in [-0.2, 0) is 5.75 Å². The van der Waals surface area contributed by atoms with Crippen molar-refractivity contribution in [1.82, 2.24) is 19.7 Å². The highest BCUT2D eigenvalue weighted by atomic mass is 79.9. The third kappa shape index (κ3) is 3.48. The van der Waals surface area contributed by atoms with Crippen LogP contribution in [0.5, 0.6) is 5.88 Å². The van der Waals surface area contributed by atoms with Crippen LogP contribution >= 0.6 is 27.7 Å². The summed E-state index contributed by atoms with van der Waals surface area (Å²) >= 11 is 5.11. The lowest BCUT2D eigenvalue weighted by molar-refractivity contribution is 0.397. The van der Waals surface area contributed by atoms with E-state index in [0.29, 0.717) is 5.88 Å². The first kappa shape index (κ1) is 15.1. The van der Waals surface area contributed by atoms with Crippen molar-refractivity contribution in [3.63, 3.8) is 0 Å². The average molecular weight is 377 g/mol. The van der Waals surface area contributed by atoms with Crippen molar-refractivity contribution >= 4 is 27.7 Å². The Labute approximate surface area is 140 Å². The van der Waals surface area contributed by atoms with Crippen molar-refractivity contribution in [2.45, 2.75) is 10.9 Å². The van der Waals surface area contributed by atoms with Crippen molar-refractivity contribution < 1.29 is 4.74 Å². The molecule has 2 aromatic heterocycles. The number of pyridine rings is 1. The first-order chi connectivity index (χ1) is 10.8. The molecule has 0 spiro atoms. The summed E-state index contributed by atoms with van der Waals surface area (Å²) in [6.45, 7) is 0. The summed E-state index contributed by atoms with van der Waals surface area (Å²) in [5.41, 5.74) is 2.13. The predicted octanol–water partition coefficient (Wildman–Crippen LogP) is 3.73. The van der Waals surface area contributed by atoms with E-state index in [-0.39, 0.29) is 0 Å². The topological polar surface area (TPSA) is 52.8 Å². The standard InChI is InChI=1S/C15H13BrN4OS/c1-21-14-6-5-13(8-17-14)20-10-18-19-15(20)22-9-11-3-2-4-12(16)7-11/h2-8,10H,9H2,1H3. The van der Waals surface area contributed by atoms with Gasteiger partial charge in [-0.05, 0) is 23.8 Å². The average Bonchev–Trinajstić information content (AvgIpc) is 3.01. The van der Waals surface area contributed by atoms with Crippen molar-refractivity contribution in [3.05, 3.63) is 59.0 Å². The second kappa shape index (κ2) is 6.93. The summed E-state index contributed by atoms with van der Waals surface area (Å²) in [6.07, 6.45) is 3.43. The van der Waals surface area contributed by atoms with E-state index in [4.69, 9.17) is 4.74 Å². The van der Waals surface area contributed by atoms with Gasteiger partial charge in [-0.3, -0.25) is 4.57 Å². The SMILES string of the molecule is COc1ccc(-n2cnnc2SCc2cccc(Br)c2)cn1. The molecule has 0 unspecified atom stereocenters. The van der Waals surface area contributed by atoms with E-state index in [2.05, 4.69) is 43.2 Å². The van der Waals surface area contributed by atoms with Crippen LogP contribution in [0.15, 0.2) is 58.6 Å². The molecule has 0 aliphatic heterocycles. The van der Waals surface area contributed by atoms with Gasteiger partial charge in [0.05, 0.1) is 19.0 Å². The molecular formula is C15H13BrN4OS. The van der Waals surface area contributed by atoms with Gasteiger partial charge < -0.3 is 4.74 Å². The molecule has 22 heavy (non-hydrogen) atoms. The molecule has 112 valence electrons. The minimum Gasteiger partial charge on any atom is -0.481 e. The molecule has 1 aromatic carbocycles. The highest BCUT2D eigenvalue weighted by molar-refractivity contribution is 9.10. The molecule has 0 atom stereocenters. The summed E-state index contributed by atoms with van der Waals surface area (Å²) in [6, 6.07) is 12.0. The maximum Gasteiger partial charge on any atom is 0.213 e. The van der Waals surface area contributed by atoms with Crippen molar-refractivity contribution in [2.75, 3.05) is 7.11 Å². The number of benzene rings is 1. The van der Waals surface area contributed by atoms with Gasteiger partial charge in [0, 0.05) is 16.3 Å². The van der Waals surface area contributed by atoms with Gasteiger partial charge in [0.1, 0.15) is 6.33 Å². The molecule has 0 saturated carbocycles. The zero-order valence-corrected chi connectivity index (χ0v) is 14.2. The molecule has 7 heteroatoms. The van der Waals surface area contributed by atoms with Gasteiger partial charge in [-0.25, -0.2) is 4.98 Å². The predicted molar refractivity (Wildman–Crippen MR) is 89.4 cm³/mol. The van der Waals surface area contributed by atoms with Crippen LogP contribution in [0.2, 0.25) is 0 Å². The number of halogens is 1. The van der Waals surface area contributed by atoms with Crippen LogP contribution in [0.1, 0.15) is 5.56 Å². The number of nitrogens with zero attached hydrogens (tertiary/aromatic N) is 4. The van der Waals surface area contributed by atoms with Crippen LogP contribution in [0.4, 0.5) is 0 Å². The lowest BCUT2D eigenvalue weighted by atomic mass is 10.2. The Bertz CT molecular complexity index is 760. The molecule has 0 amide bonds. The minimum atomic E-state index is 0.583. The zero-order valence-electron chi connectivity index (χ0n) is 11.8. The molecule has 0 bridgehead atoms. The third-order valence-electron chi connectivity index (χ3n) is 2.98. The second-order valence-corrected chi connectivity index (χ2v) is 6.32. The monoisotopic (exact) mass is 376 g/mol. The van der Waals surface area contributed by atoms with E-state index in [0.717, 1.165) is 21.1 Å². The molecule has 0 radical (unpaired) electrons. The van der Waals surface area contributed by atoms with Gasteiger partial charge in [-0.2, -0.15) is 0 Å². The van der Waals surface area contributed by atoms with E-state index in [1.54, 1.807) is 31.4 Å². The fourth-order valence-electron chi connectivity index (χ4n) is 1.91. The highest BCUT2D eigenvalue weighted by Crippen LogP contribution is 2.24. The summed E-state index contributed by atoms with van der Waals surface area (Å²) in [5.74, 6) is 1.40. The number of aromatic nitrogens is 4. The number of methoxy groups -OCH3 is 1. The second-order valence-electron chi connectivity index (χ2n) is 4.46. The lowest BCUT2D eigenvalue weighted by Crippen LogP contribution is -1.97. The summed E-state index contributed by atoms with van der Waals surface area (Å²) in [4.78, 5) is 4.21. The summed E-state index contributed by atoms with van der Waals surface area (Å²) in [7, 11) is 1.60. The summed E-state index contributed by atoms with van der Waals surface area (Å²) in [5, 5.41) is 9.00. The Morgan fingerprint density at radius 1 is 1.27 bits per heavy atom. The molecule has 0 aliphatic carbocycles. The number of thioether (sulfide) groups is 1. The maximum atomic E-state index is 5.07. The molecule has 3 rings (SSSR count). The Balaban J connectivity index is 1.76. The first-order valence-corrected chi connectivity index (χ1v) is 8.32. The summed E-state index contributed by atoms with van der Waals surface area (Å²) < 4.78 is 8.06. The van der Waals surface area contributed by atoms with E-state index >= 15 is 0 Å². The Kier molecular flexibility index (Phi) is 4.74. The quantitative estimate of drug-likeness (QED) is 0.635. The van der Waals surface area contributed by atoms with Gasteiger partial charge in [0.25, 0.3) is 0 Å². The van der Waals surface area contributed by atoms with E-state index in [1.807, 2.05) is 28.8 Å². The molecule has 0 aliphatic rings. The lowest BCUT2D eigenvalue weighted by Gasteiger charge is -2.07. The van der Waals surface area contributed by atoms with Crippen LogP contribution in [0.3, 0.4) is 0 Å². The fourth-order valence-corrected chi connectivity index (χ4v) is 3.23. The number of hydrogen-bond donors (Lipinski definition) is 0. The van der Waals surface area contributed by atoms with Gasteiger partial charge in [-0.15, -0.1) is 10.2 Å². The van der Waals surface area contributed by atoms with Crippen LogP contribution in [-0.4, -0.2) is 26.9 Å². The number of ether oxygens (including phenoxy) is 1. The van der Waals surface area contributed by atoms with E-state index in [1.165, 1.54) is 5.56 Å². The van der Waals surface area contributed by atoms with Gasteiger partial charge in [0.15, 0.2) is 5.16 Å². The molecular weight excluding hydrogens is 364 g/mol. The molecule has 0 saturated heterocycles. The molecule has 0 N–H and O–H groups in total. The van der Waals surface area contributed by atoms with E-state index in [9.17, 15) is 0 Å². The third-order valence-corrected chi connectivity index (χ3v) is 4.49. The van der Waals surface area contributed by atoms with Gasteiger partial charge in [0.2, 0.25) is 5.88 Å². The fraction of sp³-hybridized carbons (Fsp3) is 0.133. The van der Waals surface area contributed by atoms with Crippen molar-refractivity contribution in [3.8, 4) is 11.6 Å². The zero-order chi connectivity index (χ0) is 15.4. The largest absolute Gasteiger partial charge is 0.481 e. The maximum absolute atomic E-state index is 5.07. The van der Waals surface area contributed by atoms with Crippen molar-refractivity contribution in [1.29, 1.82) is 0 Å². The Morgan fingerprint density at radius 3 is 2.91 bits per heavy atom. The van der Waals surface area contributed by atoms with Crippen LogP contribution in [0, 0.1) is 0 Å². The van der Waals surface area contributed by atoms with Gasteiger partial charge >= 0.3 is 0 Å². The minimum absolute atomic E-state index is 0.583. The normalized spacial score (nSPS) is 10.6. The number of rotatable bonds is 5. The van der Waals surface area contributed by atoms with Crippen molar-refractivity contribution in [2.24, 2.45) is 0 Å². The highest BCUT2D eigenvalue weighted by Gasteiger charge is 2.08. The number of hydrogen-bond acceptors (Lipinski definition) is 5.